The van der Waals surface area contributed by atoms with E-state index in [9.17, 15) is 0 Å². The highest BCUT2D eigenvalue weighted by molar-refractivity contribution is 4.71. The SMILES string of the molecule is CO[C@@H]1CCC[C@H](N)CC1. The van der Waals surface area contributed by atoms with E-state index in [4.69, 9.17) is 10.5 Å². The zero-order chi connectivity index (χ0) is 7.40. The van der Waals surface area contributed by atoms with Crippen LogP contribution in [0.2, 0.25) is 0 Å². The smallest absolute Gasteiger partial charge is 0.0572 e. The van der Waals surface area contributed by atoms with E-state index in [0.29, 0.717) is 12.1 Å². The van der Waals surface area contributed by atoms with Gasteiger partial charge in [-0.05, 0) is 32.1 Å². The normalized spacial score (nSPS) is 35.4. The van der Waals surface area contributed by atoms with E-state index in [2.05, 4.69) is 0 Å². The quantitative estimate of drug-likeness (QED) is 0.561. The van der Waals surface area contributed by atoms with Crippen molar-refractivity contribution in [2.45, 2.75) is 44.2 Å². The van der Waals surface area contributed by atoms with Crippen LogP contribution < -0.4 is 5.73 Å². The molecule has 0 aromatic rings. The van der Waals surface area contributed by atoms with Crippen LogP contribution in [0.25, 0.3) is 0 Å². The van der Waals surface area contributed by atoms with Gasteiger partial charge in [-0.3, -0.25) is 0 Å². The van der Waals surface area contributed by atoms with Crippen molar-refractivity contribution in [1.82, 2.24) is 0 Å². The molecule has 0 spiro atoms. The minimum absolute atomic E-state index is 0.431. The third-order valence-electron chi connectivity index (χ3n) is 2.29. The molecule has 1 rings (SSSR count). The zero-order valence-electron chi connectivity index (χ0n) is 6.68. The van der Waals surface area contributed by atoms with Crippen molar-refractivity contribution in [3.63, 3.8) is 0 Å². The third kappa shape index (κ3) is 2.27. The molecule has 1 aliphatic carbocycles. The lowest BCUT2D eigenvalue weighted by Gasteiger charge is -2.10. The van der Waals surface area contributed by atoms with Gasteiger partial charge in [0.25, 0.3) is 0 Å². The Labute approximate surface area is 62.7 Å². The molecule has 0 bridgehead atoms. The number of methoxy groups -OCH3 is 1. The summed E-state index contributed by atoms with van der Waals surface area (Å²) in [6, 6.07) is 0.431. The molecule has 60 valence electrons. The molecule has 0 aromatic heterocycles. The average molecular weight is 143 g/mol. The molecule has 1 aliphatic rings. The van der Waals surface area contributed by atoms with E-state index in [1.165, 1.54) is 19.3 Å². The first-order valence-corrected chi connectivity index (χ1v) is 4.11. The minimum Gasteiger partial charge on any atom is -0.381 e. The fourth-order valence-corrected chi connectivity index (χ4v) is 1.53. The van der Waals surface area contributed by atoms with Gasteiger partial charge in [-0.2, -0.15) is 0 Å². The predicted octanol–water partition coefficient (Wildman–Crippen LogP) is 1.29. The molecule has 0 aliphatic heterocycles. The second-order valence-electron chi connectivity index (χ2n) is 3.13. The van der Waals surface area contributed by atoms with E-state index < -0.39 is 0 Å². The van der Waals surface area contributed by atoms with E-state index in [-0.39, 0.29) is 0 Å². The molecule has 0 saturated heterocycles. The summed E-state index contributed by atoms with van der Waals surface area (Å²) in [6.07, 6.45) is 6.38. The molecular formula is C8H17NO. The van der Waals surface area contributed by atoms with E-state index in [1.54, 1.807) is 7.11 Å². The van der Waals surface area contributed by atoms with Crippen molar-refractivity contribution < 1.29 is 4.74 Å². The Balaban J connectivity index is 2.26. The van der Waals surface area contributed by atoms with Crippen LogP contribution in [0.4, 0.5) is 0 Å². The lowest BCUT2D eigenvalue weighted by molar-refractivity contribution is 0.0897. The Morgan fingerprint density at radius 2 is 2.00 bits per heavy atom. The van der Waals surface area contributed by atoms with Gasteiger partial charge in [-0.25, -0.2) is 0 Å². The van der Waals surface area contributed by atoms with Gasteiger partial charge in [0.05, 0.1) is 6.10 Å². The third-order valence-corrected chi connectivity index (χ3v) is 2.29. The maximum atomic E-state index is 5.80. The predicted molar refractivity (Wildman–Crippen MR) is 41.9 cm³/mol. The molecular weight excluding hydrogens is 126 g/mol. The Hall–Kier alpha value is -0.0800. The molecule has 2 nitrogen and oxygen atoms in total. The van der Waals surface area contributed by atoms with Crippen LogP contribution in [0.15, 0.2) is 0 Å². The van der Waals surface area contributed by atoms with Gasteiger partial charge in [-0.15, -0.1) is 0 Å². The van der Waals surface area contributed by atoms with Gasteiger partial charge < -0.3 is 10.5 Å². The second kappa shape index (κ2) is 3.94. The molecule has 0 radical (unpaired) electrons. The molecule has 2 heteroatoms. The van der Waals surface area contributed by atoms with Gasteiger partial charge in [0.15, 0.2) is 0 Å². The first kappa shape index (κ1) is 8.02. The van der Waals surface area contributed by atoms with Gasteiger partial charge in [-0.1, -0.05) is 0 Å². The van der Waals surface area contributed by atoms with Gasteiger partial charge in [0.1, 0.15) is 0 Å². The summed E-state index contributed by atoms with van der Waals surface area (Å²) >= 11 is 0. The maximum absolute atomic E-state index is 5.80. The second-order valence-corrected chi connectivity index (χ2v) is 3.13. The minimum atomic E-state index is 0.431. The Morgan fingerprint density at radius 3 is 2.70 bits per heavy atom. The van der Waals surface area contributed by atoms with Crippen molar-refractivity contribution in [1.29, 1.82) is 0 Å². The monoisotopic (exact) mass is 143 g/mol. The molecule has 10 heavy (non-hydrogen) atoms. The summed E-state index contributed by atoms with van der Waals surface area (Å²) in [6.45, 7) is 0. The lowest BCUT2D eigenvalue weighted by atomic mass is 10.1. The van der Waals surface area contributed by atoms with Crippen molar-refractivity contribution in [3.05, 3.63) is 0 Å². The van der Waals surface area contributed by atoms with Crippen LogP contribution in [0, 0.1) is 0 Å². The summed E-state index contributed by atoms with van der Waals surface area (Å²) in [5.41, 5.74) is 5.80. The van der Waals surface area contributed by atoms with Crippen LogP contribution in [0.1, 0.15) is 32.1 Å². The van der Waals surface area contributed by atoms with Gasteiger partial charge in [0.2, 0.25) is 0 Å². The standard InChI is InChI=1S/C8H17NO/c1-10-8-4-2-3-7(9)5-6-8/h7-8H,2-6,9H2,1H3/t7-,8+/m0/s1. The Morgan fingerprint density at radius 1 is 1.20 bits per heavy atom. The first-order valence-electron chi connectivity index (χ1n) is 4.11. The van der Waals surface area contributed by atoms with Crippen molar-refractivity contribution in [3.8, 4) is 0 Å². The Kier molecular flexibility index (Phi) is 3.16. The molecule has 0 aromatic carbocycles. The highest BCUT2D eigenvalue weighted by Gasteiger charge is 2.14. The maximum Gasteiger partial charge on any atom is 0.0572 e. The van der Waals surface area contributed by atoms with Crippen molar-refractivity contribution in [2.75, 3.05) is 7.11 Å². The zero-order valence-corrected chi connectivity index (χ0v) is 6.68. The molecule has 0 amide bonds. The van der Waals surface area contributed by atoms with Crippen LogP contribution in [-0.2, 0) is 4.74 Å². The van der Waals surface area contributed by atoms with Gasteiger partial charge in [0, 0.05) is 13.2 Å². The highest BCUT2D eigenvalue weighted by atomic mass is 16.5. The fourth-order valence-electron chi connectivity index (χ4n) is 1.53. The van der Waals surface area contributed by atoms with E-state index in [0.717, 1.165) is 12.8 Å². The summed E-state index contributed by atoms with van der Waals surface area (Å²) in [5, 5.41) is 0. The van der Waals surface area contributed by atoms with Crippen LogP contribution in [0.3, 0.4) is 0 Å². The van der Waals surface area contributed by atoms with Crippen LogP contribution in [-0.4, -0.2) is 19.3 Å². The summed E-state index contributed by atoms with van der Waals surface area (Å²) in [4.78, 5) is 0. The molecule has 1 fully saturated rings. The van der Waals surface area contributed by atoms with Crippen LogP contribution in [0.5, 0.6) is 0 Å². The number of hydrogen-bond acceptors (Lipinski definition) is 2. The number of rotatable bonds is 1. The molecule has 2 atom stereocenters. The van der Waals surface area contributed by atoms with Crippen molar-refractivity contribution in [2.24, 2.45) is 5.73 Å². The summed E-state index contributed by atoms with van der Waals surface area (Å²) < 4.78 is 5.26. The molecule has 0 unspecified atom stereocenters. The fraction of sp³-hybridized carbons (Fsp3) is 1.00. The number of nitrogens with two attached hydrogens (primary N) is 1. The van der Waals surface area contributed by atoms with Gasteiger partial charge >= 0.3 is 0 Å². The molecule has 2 N–H and O–H groups in total. The number of ether oxygens (including phenoxy) is 1. The highest BCUT2D eigenvalue weighted by Crippen LogP contribution is 2.18. The molecule has 1 saturated carbocycles. The topological polar surface area (TPSA) is 35.2 Å². The van der Waals surface area contributed by atoms with Crippen molar-refractivity contribution >= 4 is 0 Å². The molecule has 0 heterocycles. The van der Waals surface area contributed by atoms with E-state index >= 15 is 0 Å². The summed E-state index contributed by atoms with van der Waals surface area (Å²) in [7, 11) is 1.79. The first-order chi connectivity index (χ1) is 4.83. The lowest BCUT2D eigenvalue weighted by Crippen LogP contribution is -2.18. The largest absolute Gasteiger partial charge is 0.381 e. The van der Waals surface area contributed by atoms with E-state index in [1.807, 2.05) is 0 Å². The average Bonchev–Trinajstić information content (AvgIpc) is 2.14. The Bertz CT molecular complexity index is 95.3. The number of hydrogen-bond donors (Lipinski definition) is 1. The van der Waals surface area contributed by atoms with Crippen LogP contribution >= 0.6 is 0 Å². The summed E-state index contributed by atoms with van der Waals surface area (Å²) in [5.74, 6) is 0.